The number of nitrogens with one attached hydrogen (secondary N) is 1. The van der Waals surface area contributed by atoms with Crippen LogP contribution in [0, 0.1) is 17.3 Å². The minimum Gasteiger partial charge on any atom is -0.449 e. The molecule has 2 aromatic heterocycles. The van der Waals surface area contributed by atoms with Crippen molar-refractivity contribution in [2.45, 2.75) is 32.2 Å². The van der Waals surface area contributed by atoms with Gasteiger partial charge in [0.05, 0.1) is 18.2 Å². The number of likely N-dealkylation sites (tertiary alicyclic amines) is 1. The molecule has 30 heavy (non-hydrogen) atoms. The fraction of sp³-hybridized carbons (Fsp3) is 0.545. The highest BCUT2D eigenvalue weighted by atomic mass is 16.3. The van der Waals surface area contributed by atoms with Gasteiger partial charge >= 0.3 is 0 Å². The van der Waals surface area contributed by atoms with Crippen molar-refractivity contribution < 1.29 is 14.0 Å². The number of furan rings is 1. The Balaban J connectivity index is 1.12. The van der Waals surface area contributed by atoms with Crippen LogP contribution in [0.1, 0.15) is 36.7 Å². The fourth-order valence-electron chi connectivity index (χ4n) is 4.92. The lowest BCUT2D eigenvalue weighted by atomic mass is 9.89. The SMILES string of the molecule is CC1C(C(=O)N2CCC3(CC2)CC3CNC(=O)c2cc3ccncc3o2)C=NN1C. The number of hydrogen-bond acceptors (Lipinski definition) is 6. The molecule has 2 amide bonds. The third kappa shape index (κ3) is 3.24. The third-order valence-corrected chi connectivity index (χ3v) is 7.29. The van der Waals surface area contributed by atoms with E-state index in [1.165, 1.54) is 0 Å². The largest absolute Gasteiger partial charge is 0.449 e. The topological polar surface area (TPSA) is 91.0 Å². The van der Waals surface area contributed by atoms with Gasteiger partial charge in [0.15, 0.2) is 11.3 Å². The summed E-state index contributed by atoms with van der Waals surface area (Å²) < 4.78 is 5.59. The van der Waals surface area contributed by atoms with Gasteiger partial charge in [-0.25, -0.2) is 0 Å². The van der Waals surface area contributed by atoms with Crippen LogP contribution < -0.4 is 5.32 Å². The Kier molecular flexibility index (Phi) is 4.52. The molecule has 3 aliphatic rings. The normalized spacial score (nSPS) is 27.1. The van der Waals surface area contributed by atoms with Crippen molar-refractivity contribution in [3.63, 3.8) is 0 Å². The molecule has 1 aliphatic carbocycles. The lowest BCUT2D eigenvalue weighted by Crippen LogP contribution is -2.46. The molecule has 3 unspecified atom stereocenters. The van der Waals surface area contributed by atoms with E-state index in [2.05, 4.69) is 15.4 Å². The number of carbonyl (C=O) groups excluding carboxylic acids is 2. The molecule has 0 radical (unpaired) electrons. The Morgan fingerprint density at radius 3 is 2.83 bits per heavy atom. The monoisotopic (exact) mass is 409 g/mol. The molecule has 8 nitrogen and oxygen atoms in total. The number of piperidine rings is 1. The van der Waals surface area contributed by atoms with Crippen molar-refractivity contribution in [2.75, 3.05) is 26.7 Å². The van der Waals surface area contributed by atoms with E-state index in [1.807, 2.05) is 29.9 Å². The minimum atomic E-state index is -0.181. The van der Waals surface area contributed by atoms with Gasteiger partial charge in [0.2, 0.25) is 5.91 Å². The first-order chi connectivity index (χ1) is 14.5. The molecule has 8 heteroatoms. The Bertz CT molecular complexity index is 974. The van der Waals surface area contributed by atoms with Gasteiger partial charge in [-0.3, -0.25) is 19.6 Å². The lowest BCUT2D eigenvalue weighted by molar-refractivity contribution is -0.135. The van der Waals surface area contributed by atoms with Gasteiger partial charge in [0.1, 0.15) is 0 Å². The second kappa shape index (κ2) is 7.11. The van der Waals surface area contributed by atoms with Crippen LogP contribution in [-0.2, 0) is 4.79 Å². The van der Waals surface area contributed by atoms with E-state index in [9.17, 15) is 9.59 Å². The van der Waals surface area contributed by atoms with E-state index in [0.29, 0.717) is 23.8 Å². The van der Waals surface area contributed by atoms with Crippen LogP contribution in [0.15, 0.2) is 34.0 Å². The van der Waals surface area contributed by atoms with Gasteiger partial charge < -0.3 is 14.6 Å². The van der Waals surface area contributed by atoms with E-state index in [0.717, 1.165) is 37.7 Å². The molecule has 5 rings (SSSR count). The highest BCUT2D eigenvalue weighted by Gasteiger charge is 2.55. The zero-order chi connectivity index (χ0) is 20.9. The van der Waals surface area contributed by atoms with Crippen molar-refractivity contribution >= 4 is 29.0 Å². The average molecular weight is 409 g/mol. The molecule has 2 aromatic rings. The van der Waals surface area contributed by atoms with E-state index in [1.54, 1.807) is 24.7 Å². The van der Waals surface area contributed by atoms with Crippen LogP contribution in [0.3, 0.4) is 0 Å². The summed E-state index contributed by atoms with van der Waals surface area (Å²) in [4.78, 5) is 31.3. The summed E-state index contributed by atoms with van der Waals surface area (Å²) in [6.45, 7) is 4.28. The number of nitrogens with zero attached hydrogens (tertiary/aromatic N) is 4. The Labute approximate surface area is 175 Å². The Hall–Kier alpha value is -2.90. The van der Waals surface area contributed by atoms with Crippen LogP contribution in [0.4, 0.5) is 0 Å². The summed E-state index contributed by atoms with van der Waals surface area (Å²) in [6, 6.07) is 3.70. The maximum atomic E-state index is 12.9. The number of hydrogen-bond donors (Lipinski definition) is 1. The Morgan fingerprint density at radius 1 is 1.33 bits per heavy atom. The van der Waals surface area contributed by atoms with Crippen molar-refractivity contribution in [1.82, 2.24) is 20.2 Å². The molecular weight excluding hydrogens is 382 g/mol. The second-order valence-corrected chi connectivity index (χ2v) is 8.93. The van der Waals surface area contributed by atoms with Crippen molar-refractivity contribution in [2.24, 2.45) is 22.4 Å². The molecule has 4 heterocycles. The van der Waals surface area contributed by atoms with E-state index >= 15 is 0 Å². The first-order valence-electron chi connectivity index (χ1n) is 10.6. The van der Waals surface area contributed by atoms with E-state index < -0.39 is 0 Å². The summed E-state index contributed by atoms with van der Waals surface area (Å²) >= 11 is 0. The molecular formula is C22H27N5O3. The summed E-state index contributed by atoms with van der Waals surface area (Å²) in [5, 5.41) is 10.0. The highest BCUT2D eigenvalue weighted by molar-refractivity contribution is 5.96. The second-order valence-electron chi connectivity index (χ2n) is 8.93. The van der Waals surface area contributed by atoms with Gasteiger partial charge in [0, 0.05) is 44.5 Å². The number of pyridine rings is 1. The molecule has 1 saturated carbocycles. The van der Waals surface area contributed by atoms with E-state index in [-0.39, 0.29) is 29.2 Å². The molecule has 1 saturated heterocycles. The number of fused-ring (bicyclic) bond motifs is 1. The van der Waals surface area contributed by atoms with Crippen LogP contribution in [0.25, 0.3) is 11.0 Å². The standard InChI is InChI=1S/C22H27N5O3/c1-14-17(12-25-26(14)2)21(29)27-7-4-22(5-8-27)10-16(22)11-24-20(28)18-9-15-3-6-23-13-19(15)30-18/h3,6,9,12-14,16-17H,4-5,7-8,10-11H2,1-2H3,(H,24,28). The molecule has 1 spiro atoms. The number of rotatable bonds is 4. The molecule has 0 aromatic carbocycles. The van der Waals surface area contributed by atoms with Gasteiger partial charge in [-0.15, -0.1) is 0 Å². The predicted octanol–water partition coefficient (Wildman–Crippen LogP) is 2.12. The predicted molar refractivity (Wildman–Crippen MR) is 112 cm³/mol. The maximum absolute atomic E-state index is 12.9. The Morgan fingerprint density at radius 2 is 2.13 bits per heavy atom. The van der Waals surface area contributed by atoms with Crippen LogP contribution in [0.2, 0.25) is 0 Å². The number of amides is 2. The van der Waals surface area contributed by atoms with Gasteiger partial charge in [0.25, 0.3) is 5.91 Å². The minimum absolute atomic E-state index is 0.117. The molecule has 2 aliphatic heterocycles. The van der Waals surface area contributed by atoms with Crippen LogP contribution in [-0.4, -0.2) is 65.6 Å². The number of carbonyl (C=O) groups is 2. The van der Waals surface area contributed by atoms with Gasteiger partial charge in [-0.2, -0.15) is 5.10 Å². The molecule has 0 bridgehead atoms. The zero-order valence-corrected chi connectivity index (χ0v) is 17.4. The molecule has 158 valence electrons. The number of hydrazone groups is 1. The highest BCUT2D eigenvalue weighted by Crippen LogP contribution is 2.59. The number of aromatic nitrogens is 1. The quantitative estimate of drug-likeness (QED) is 0.835. The van der Waals surface area contributed by atoms with Crippen molar-refractivity contribution in [1.29, 1.82) is 0 Å². The van der Waals surface area contributed by atoms with Crippen LogP contribution in [0.5, 0.6) is 0 Å². The average Bonchev–Trinajstić information content (AvgIpc) is 3.08. The van der Waals surface area contributed by atoms with Crippen molar-refractivity contribution in [3.05, 3.63) is 30.3 Å². The summed E-state index contributed by atoms with van der Waals surface area (Å²) in [7, 11) is 1.91. The van der Waals surface area contributed by atoms with Crippen molar-refractivity contribution in [3.8, 4) is 0 Å². The van der Waals surface area contributed by atoms with Gasteiger partial charge in [-0.05, 0) is 49.7 Å². The summed E-state index contributed by atoms with van der Waals surface area (Å²) in [6.07, 6.45) is 8.20. The van der Waals surface area contributed by atoms with E-state index in [4.69, 9.17) is 4.42 Å². The van der Waals surface area contributed by atoms with Crippen LogP contribution >= 0.6 is 0 Å². The maximum Gasteiger partial charge on any atom is 0.287 e. The third-order valence-electron chi connectivity index (χ3n) is 7.29. The molecule has 3 atom stereocenters. The fourth-order valence-corrected chi connectivity index (χ4v) is 4.92. The summed E-state index contributed by atoms with van der Waals surface area (Å²) in [5.41, 5.74) is 0.893. The first kappa shape index (κ1) is 19.1. The first-order valence-corrected chi connectivity index (χ1v) is 10.6. The zero-order valence-electron chi connectivity index (χ0n) is 17.4. The lowest BCUT2D eigenvalue weighted by Gasteiger charge is -2.35. The summed E-state index contributed by atoms with van der Waals surface area (Å²) in [5.74, 6) is 0.667. The van der Waals surface area contributed by atoms with Gasteiger partial charge in [-0.1, -0.05) is 0 Å². The molecule has 1 N–H and O–H groups in total. The smallest absolute Gasteiger partial charge is 0.287 e. The molecule has 2 fully saturated rings.